The molecule has 2 nitrogen and oxygen atoms in total. The van der Waals surface area contributed by atoms with Gasteiger partial charge in [-0.2, -0.15) is 0 Å². The Morgan fingerprint density at radius 3 is 2.18 bits per heavy atom. The van der Waals surface area contributed by atoms with Gasteiger partial charge in [0.15, 0.2) is 0 Å². The van der Waals surface area contributed by atoms with Crippen molar-refractivity contribution in [1.82, 2.24) is 4.98 Å². The molecule has 0 saturated carbocycles. The van der Waals surface area contributed by atoms with Crippen LogP contribution in [0.5, 0.6) is 0 Å². The lowest BCUT2D eigenvalue weighted by atomic mass is 10.0. The van der Waals surface area contributed by atoms with E-state index < -0.39 is 6.10 Å². The molecule has 2 aromatic rings. The summed E-state index contributed by atoms with van der Waals surface area (Å²) in [6.45, 7) is 3.97. The molecule has 2 rings (SSSR count). The van der Waals surface area contributed by atoms with E-state index in [9.17, 15) is 5.11 Å². The summed E-state index contributed by atoms with van der Waals surface area (Å²) in [5.74, 6) is 0.185. The van der Waals surface area contributed by atoms with Crippen molar-refractivity contribution in [3.63, 3.8) is 0 Å². The first-order chi connectivity index (χ1) is 8.18. The van der Waals surface area contributed by atoms with E-state index in [4.69, 9.17) is 0 Å². The summed E-state index contributed by atoms with van der Waals surface area (Å²) in [5, 5.41) is 9.90. The average Bonchev–Trinajstić information content (AvgIpc) is 2.39. The van der Waals surface area contributed by atoms with Gasteiger partial charge in [-0.25, -0.2) is 0 Å². The van der Waals surface area contributed by atoms with E-state index in [0.29, 0.717) is 0 Å². The molecule has 0 amide bonds. The van der Waals surface area contributed by atoms with Crippen LogP contribution in [0.2, 0.25) is 0 Å². The zero-order valence-corrected chi connectivity index (χ0v) is 10.2. The fourth-order valence-electron chi connectivity index (χ4n) is 1.72. The van der Waals surface area contributed by atoms with E-state index in [0.717, 1.165) is 16.8 Å². The SMILES string of the molecule is CC(C)C(O)c1ccc(-c2ccccc2)cn1. The van der Waals surface area contributed by atoms with Crippen LogP contribution in [0.1, 0.15) is 25.6 Å². The number of rotatable bonds is 3. The standard InChI is InChI=1S/C15H17NO/c1-11(2)15(17)14-9-8-13(10-16-14)12-6-4-3-5-7-12/h3-11,15,17H,1-2H3. The van der Waals surface area contributed by atoms with E-state index in [1.807, 2.05) is 50.4 Å². The maximum Gasteiger partial charge on any atom is 0.0982 e. The monoisotopic (exact) mass is 227 g/mol. The van der Waals surface area contributed by atoms with Gasteiger partial charge in [-0.05, 0) is 17.5 Å². The minimum absolute atomic E-state index is 0.185. The van der Waals surface area contributed by atoms with Crippen molar-refractivity contribution in [1.29, 1.82) is 0 Å². The molecule has 2 heteroatoms. The normalized spacial score (nSPS) is 12.7. The second-order valence-electron chi connectivity index (χ2n) is 4.53. The highest BCUT2D eigenvalue weighted by Gasteiger charge is 2.12. The van der Waals surface area contributed by atoms with Crippen LogP contribution in [-0.2, 0) is 0 Å². The number of nitrogens with zero attached hydrogens (tertiary/aromatic N) is 1. The zero-order valence-electron chi connectivity index (χ0n) is 10.2. The van der Waals surface area contributed by atoms with Crippen molar-refractivity contribution in [3.8, 4) is 11.1 Å². The predicted octanol–water partition coefficient (Wildman–Crippen LogP) is 3.44. The molecule has 1 heterocycles. The molecule has 0 bridgehead atoms. The fourth-order valence-corrected chi connectivity index (χ4v) is 1.72. The number of hydrogen-bond donors (Lipinski definition) is 1. The van der Waals surface area contributed by atoms with Crippen molar-refractivity contribution in [2.75, 3.05) is 0 Å². The number of hydrogen-bond acceptors (Lipinski definition) is 2. The van der Waals surface area contributed by atoms with Gasteiger partial charge in [0.05, 0.1) is 11.8 Å². The lowest BCUT2D eigenvalue weighted by molar-refractivity contribution is 0.122. The first-order valence-corrected chi connectivity index (χ1v) is 5.88. The molecule has 0 saturated heterocycles. The van der Waals surface area contributed by atoms with E-state index in [2.05, 4.69) is 17.1 Å². The highest BCUT2D eigenvalue weighted by atomic mass is 16.3. The molecular weight excluding hydrogens is 210 g/mol. The van der Waals surface area contributed by atoms with Crippen LogP contribution < -0.4 is 0 Å². The molecule has 0 aliphatic heterocycles. The van der Waals surface area contributed by atoms with Gasteiger partial charge >= 0.3 is 0 Å². The summed E-state index contributed by atoms with van der Waals surface area (Å²) in [5.41, 5.74) is 2.95. The molecule has 1 unspecified atom stereocenters. The second kappa shape index (κ2) is 5.11. The van der Waals surface area contributed by atoms with Crippen LogP contribution in [0.15, 0.2) is 48.7 Å². The topological polar surface area (TPSA) is 33.1 Å². The van der Waals surface area contributed by atoms with E-state index in [1.54, 1.807) is 0 Å². The maximum absolute atomic E-state index is 9.90. The first kappa shape index (κ1) is 11.8. The van der Waals surface area contributed by atoms with E-state index >= 15 is 0 Å². The van der Waals surface area contributed by atoms with Crippen LogP contribution in [0, 0.1) is 5.92 Å². The number of pyridine rings is 1. The molecule has 17 heavy (non-hydrogen) atoms. The molecule has 1 atom stereocenters. The Bertz CT molecular complexity index is 462. The zero-order chi connectivity index (χ0) is 12.3. The Labute approximate surface area is 102 Å². The summed E-state index contributed by atoms with van der Waals surface area (Å²) in [6.07, 6.45) is 1.33. The molecule has 0 aliphatic carbocycles. The summed E-state index contributed by atoms with van der Waals surface area (Å²) in [6, 6.07) is 14.0. The molecule has 1 N–H and O–H groups in total. The Balaban J connectivity index is 2.25. The van der Waals surface area contributed by atoms with Gasteiger partial charge in [0, 0.05) is 11.8 Å². The van der Waals surface area contributed by atoms with Gasteiger partial charge in [0.1, 0.15) is 0 Å². The van der Waals surface area contributed by atoms with Gasteiger partial charge in [0.2, 0.25) is 0 Å². The van der Waals surface area contributed by atoms with Crippen LogP contribution in [-0.4, -0.2) is 10.1 Å². The lowest BCUT2D eigenvalue weighted by Gasteiger charge is -2.13. The number of benzene rings is 1. The fraction of sp³-hybridized carbons (Fsp3) is 0.267. The minimum Gasteiger partial charge on any atom is -0.387 e. The third kappa shape index (κ3) is 2.71. The summed E-state index contributed by atoms with van der Waals surface area (Å²) < 4.78 is 0. The van der Waals surface area contributed by atoms with Gasteiger partial charge in [-0.1, -0.05) is 50.2 Å². The van der Waals surface area contributed by atoms with Gasteiger partial charge in [-0.15, -0.1) is 0 Å². The molecular formula is C15H17NO. The molecule has 1 aromatic heterocycles. The maximum atomic E-state index is 9.90. The van der Waals surface area contributed by atoms with Crippen molar-refractivity contribution < 1.29 is 5.11 Å². The summed E-state index contributed by atoms with van der Waals surface area (Å²) >= 11 is 0. The third-order valence-electron chi connectivity index (χ3n) is 2.83. The van der Waals surface area contributed by atoms with E-state index in [-0.39, 0.29) is 5.92 Å². The lowest BCUT2D eigenvalue weighted by Crippen LogP contribution is -2.07. The van der Waals surface area contributed by atoms with Crippen LogP contribution >= 0.6 is 0 Å². The highest BCUT2D eigenvalue weighted by molar-refractivity contribution is 5.62. The third-order valence-corrected chi connectivity index (χ3v) is 2.83. The number of aromatic nitrogens is 1. The summed E-state index contributed by atoms with van der Waals surface area (Å²) in [4.78, 5) is 4.33. The van der Waals surface area contributed by atoms with Crippen molar-refractivity contribution in [2.45, 2.75) is 20.0 Å². The molecule has 0 aliphatic rings. The Hall–Kier alpha value is -1.67. The van der Waals surface area contributed by atoms with Crippen molar-refractivity contribution in [2.24, 2.45) is 5.92 Å². The number of aliphatic hydroxyl groups is 1. The molecule has 88 valence electrons. The first-order valence-electron chi connectivity index (χ1n) is 5.88. The minimum atomic E-state index is -0.486. The Kier molecular flexibility index (Phi) is 3.55. The Morgan fingerprint density at radius 1 is 0.941 bits per heavy atom. The van der Waals surface area contributed by atoms with Crippen LogP contribution in [0.4, 0.5) is 0 Å². The van der Waals surface area contributed by atoms with Crippen LogP contribution in [0.3, 0.4) is 0 Å². The van der Waals surface area contributed by atoms with Crippen molar-refractivity contribution in [3.05, 3.63) is 54.4 Å². The molecule has 0 radical (unpaired) electrons. The van der Waals surface area contributed by atoms with Crippen molar-refractivity contribution >= 4 is 0 Å². The molecule has 0 fully saturated rings. The molecule has 1 aromatic carbocycles. The van der Waals surface area contributed by atoms with Crippen LogP contribution in [0.25, 0.3) is 11.1 Å². The largest absolute Gasteiger partial charge is 0.387 e. The average molecular weight is 227 g/mol. The van der Waals surface area contributed by atoms with Gasteiger partial charge in [0.25, 0.3) is 0 Å². The van der Waals surface area contributed by atoms with Gasteiger partial charge in [-0.3, -0.25) is 4.98 Å². The summed E-state index contributed by atoms with van der Waals surface area (Å²) in [7, 11) is 0. The predicted molar refractivity (Wildman–Crippen MR) is 69.5 cm³/mol. The highest BCUT2D eigenvalue weighted by Crippen LogP contribution is 2.22. The Morgan fingerprint density at radius 2 is 1.65 bits per heavy atom. The van der Waals surface area contributed by atoms with Gasteiger partial charge < -0.3 is 5.11 Å². The molecule has 0 spiro atoms. The van der Waals surface area contributed by atoms with E-state index in [1.165, 1.54) is 0 Å². The number of aliphatic hydroxyl groups excluding tert-OH is 1. The quantitative estimate of drug-likeness (QED) is 0.871. The second-order valence-corrected chi connectivity index (χ2v) is 4.53. The smallest absolute Gasteiger partial charge is 0.0982 e.